The van der Waals surface area contributed by atoms with E-state index in [1.165, 1.54) is 19.1 Å². The van der Waals surface area contributed by atoms with E-state index in [0.29, 0.717) is 5.56 Å². The molecule has 1 aliphatic heterocycles. The smallest absolute Gasteiger partial charge is 0.303 e. The second-order valence-corrected chi connectivity index (χ2v) is 7.22. The van der Waals surface area contributed by atoms with Gasteiger partial charge >= 0.3 is 23.9 Å². The van der Waals surface area contributed by atoms with E-state index in [0.717, 1.165) is 20.8 Å². The van der Waals surface area contributed by atoms with Crippen LogP contribution in [-0.4, -0.2) is 66.3 Å². The first-order chi connectivity index (χ1) is 15.5. The van der Waals surface area contributed by atoms with Crippen molar-refractivity contribution in [3.8, 4) is 5.75 Å². The van der Waals surface area contributed by atoms with Gasteiger partial charge < -0.3 is 39.3 Å². The molecule has 182 valence electrons. The summed E-state index contributed by atoms with van der Waals surface area (Å²) in [6, 6.07) is 4.52. The number of aliphatic hydroxyl groups is 1. The summed E-state index contributed by atoms with van der Waals surface area (Å²) in [5.41, 5.74) is 6.61. The van der Waals surface area contributed by atoms with Crippen molar-refractivity contribution in [3.63, 3.8) is 0 Å². The van der Waals surface area contributed by atoms with Gasteiger partial charge in [-0.3, -0.25) is 19.2 Å². The number of nitrogens with two attached hydrogens (primary N) is 1. The van der Waals surface area contributed by atoms with Gasteiger partial charge in [-0.15, -0.1) is 0 Å². The highest BCUT2D eigenvalue weighted by Gasteiger charge is 2.53. The first-order valence-corrected chi connectivity index (χ1v) is 9.98. The highest BCUT2D eigenvalue weighted by molar-refractivity contribution is 5.68. The zero-order chi connectivity index (χ0) is 24.7. The first kappa shape index (κ1) is 25.9. The number of nitrogen functional groups attached to an aromatic ring is 1. The maximum atomic E-state index is 11.8. The number of rotatable bonds is 8. The largest absolute Gasteiger partial charge is 0.463 e. The van der Waals surface area contributed by atoms with Gasteiger partial charge in [-0.05, 0) is 17.7 Å². The summed E-state index contributed by atoms with van der Waals surface area (Å²) in [4.78, 5) is 46.8. The Bertz CT molecular complexity index is 887. The summed E-state index contributed by atoms with van der Waals surface area (Å²) >= 11 is 0. The summed E-state index contributed by atoms with van der Waals surface area (Å²) < 4.78 is 32.6. The molecule has 1 aromatic rings. The predicted molar refractivity (Wildman–Crippen MR) is 109 cm³/mol. The Morgan fingerprint density at radius 2 is 1.48 bits per heavy atom. The van der Waals surface area contributed by atoms with Gasteiger partial charge in [-0.2, -0.15) is 0 Å². The van der Waals surface area contributed by atoms with Gasteiger partial charge in [0.15, 0.2) is 12.2 Å². The van der Waals surface area contributed by atoms with E-state index in [9.17, 15) is 24.3 Å². The summed E-state index contributed by atoms with van der Waals surface area (Å²) in [6.07, 6.45) is -6.61. The van der Waals surface area contributed by atoms with Gasteiger partial charge in [-0.25, -0.2) is 0 Å². The number of carbonyl (C=O) groups is 4. The molecule has 1 heterocycles. The average Bonchev–Trinajstić information content (AvgIpc) is 2.71. The van der Waals surface area contributed by atoms with Crippen molar-refractivity contribution in [2.24, 2.45) is 0 Å². The molecule has 12 nitrogen and oxygen atoms in total. The van der Waals surface area contributed by atoms with Crippen molar-refractivity contribution in [3.05, 3.63) is 23.8 Å². The van der Waals surface area contributed by atoms with Gasteiger partial charge in [0.2, 0.25) is 12.4 Å². The van der Waals surface area contributed by atoms with Gasteiger partial charge in [-0.1, -0.05) is 6.07 Å². The van der Waals surface area contributed by atoms with Crippen molar-refractivity contribution < 1.29 is 52.7 Å². The molecule has 0 amide bonds. The van der Waals surface area contributed by atoms with E-state index in [2.05, 4.69) is 0 Å². The van der Waals surface area contributed by atoms with Crippen molar-refractivity contribution in [2.45, 2.75) is 65.0 Å². The van der Waals surface area contributed by atoms with Crippen LogP contribution in [0.2, 0.25) is 0 Å². The fourth-order valence-corrected chi connectivity index (χ4v) is 3.19. The molecule has 12 heteroatoms. The molecule has 1 saturated heterocycles. The van der Waals surface area contributed by atoms with Gasteiger partial charge in [0.05, 0.1) is 12.3 Å². The molecule has 1 aliphatic rings. The summed E-state index contributed by atoms with van der Waals surface area (Å²) in [5, 5.41) is 9.40. The van der Waals surface area contributed by atoms with Crippen LogP contribution in [0.1, 0.15) is 33.3 Å². The van der Waals surface area contributed by atoms with E-state index in [1.807, 2.05) is 0 Å². The third kappa shape index (κ3) is 7.32. The number of aliphatic hydroxyl groups excluding tert-OH is 1. The Morgan fingerprint density at radius 3 is 2.03 bits per heavy atom. The Kier molecular flexibility index (Phi) is 9.00. The molecule has 0 spiro atoms. The van der Waals surface area contributed by atoms with Gasteiger partial charge in [0, 0.05) is 27.7 Å². The first-order valence-electron chi connectivity index (χ1n) is 9.98. The number of benzene rings is 1. The molecule has 0 saturated carbocycles. The van der Waals surface area contributed by atoms with Crippen LogP contribution in [0.3, 0.4) is 0 Å². The van der Waals surface area contributed by atoms with Crippen LogP contribution in [0.25, 0.3) is 0 Å². The standard InChI is InChI=1S/C21H27NO11/c1-10(24)28-9-17-18(29-11(2)25)19(30-12(3)26)20(31-13(4)27)21(33-17)32-16-7-14(8-23)5-6-15(16)22/h5-7,17-21,23H,8-9,22H2,1-4H3. The number of carbonyl (C=O) groups excluding carboxylic acids is 4. The molecule has 1 fully saturated rings. The molecular weight excluding hydrogens is 442 g/mol. The molecule has 0 aliphatic carbocycles. The predicted octanol–water partition coefficient (Wildman–Crippen LogP) is 0.223. The minimum absolute atomic E-state index is 0.0856. The minimum atomic E-state index is -1.41. The normalized spacial score (nSPS) is 24.3. The van der Waals surface area contributed by atoms with Crippen LogP contribution in [-0.2, 0) is 49.5 Å². The van der Waals surface area contributed by atoms with Crippen LogP contribution in [0.5, 0.6) is 5.75 Å². The number of hydrogen-bond donors (Lipinski definition) is 2. The average molecular weight is 469 g/mol. The van der Waals surface area contributed by atoms with E-state index in [1.54, 1.807) is 6.07 Å². The Balaban J connectivity index is 2.50. The molecule has 1 aromatic carbocycles. The zero-order valence-corrected chi connectivity index (χ0v) is 18.6. The van der Waals surface area contributed by atoms with Crippen molar-refractivity contribution in [1.82, 2.24) is 0 Å². The van der Waals surface area contributed by atoms with Crippen molar-refractivity contribution >= 4 is 29.6 Å². The lowest BCUT2D eigenvalue weighted by Crippen LogP contribution is -2.63. The molecular formula is C21H27NO11. The highest BCUT2D eigenvalue weighted by Crippen LogP contribution is 2.33. The third-order valence-electron chi connectivity index (χ3n) is 4.45. The summed E-state index contributed by atoms with van der Waals surface area (Å²) in [7, 11) is 0. The lowest BCUT2D eigenvalue weighted by Gasteiger charge is -2.44. The number of ether oxygens (including phenoxy) is 6. The van der Waals surface area contributed by atoms with Crippen molar-refractivity contribution in [2.75, 3.05) is 12.3 Å². The van der Waals surface area contributed by atoms with Crippen molar-refractivity contribution in [1.29, 1.82) is 0 Å². The number of hydrogen-bond acceptors (Lipinski definition) is 12. The molecule has 3 N–H and O–H groups in total. The number of anilines is 1. The van der Waals surface area contributed by atoms with Crippen LogP contribution in [0.4, 0.5) is 5.69 Å². The van der Waals surface area contributed by atoms with E-state index < -0.39 is 54.6 Å². The fourth-order valence-electron chi connectivity index (χ4n) is 3.19. The Labute approximate surface area is 189 Å². The van der Waals surface area contributed by atoms with E-state index in [-0.39, 0.29) is 24.7 Å². The maximum Gasteiger partial charge on any atom is 0.303 e. The maximum absolute atomic E-state index is 11.8. The summed E-state index contributed by atoms with van der Waals surface area (Å²) in [6.45, 7) is 3.85. The SMILES string of the molecule is CC(=O)OCC1OC(Oc2cc(CO)ccc2N)C(OC(C)=O)C(OC(C)=O)C1OC(C)=O. The van der Waals surface area contributed by atoms with Crippen LogP contribution >= 0.6 is 0 Å². The van der Waals surface area contributed by atoms with Crippen LogP contribution in [0, 0.1) is 0 Å². The molecule has 5 atom stereocenters. The molecule has 5 unspecified atom stereocenters. The van der Waals surface area contributed by atoms with Gasteiger partial charge in [0.1, 0.15) is 18.5 Å². The Morgan fingerprint density at radius 1 is 0.909 bits per heavy atom. The molecule has 0 bridgehead atoms. The summed E-state index contributed by atoms with van der Waals surface area (Å²) in [5.74, 6) is -2.81. The molecule has 0 aromatic heterocycles. The number of esters is 4. The van der Waals surface area contributed by atoms with Crippen LogP contribution < -0.4 is 10.5 Å². The zero-order valence-electron chi connectivity index (χ0n) is 18.6. The molecule has 33 heavy (non-hydrogen) atoms. The lowest BCUT2D eigenvalue weighted by molar-refractivity contribution is -0.288. The van der Waals surface area contributed by atoms with Crippen LogP contribution in [0.15, 0.2) is 18.2 Å². The topological polar surface area (TPSA) is 170 Å². The quantitative estimate of drug-likeness (QED) is 0.302. The second kappa shape index (κ2) is 11.5. The molecule has 0 radical (unpaired) electrons. The van der Waals surface area contributed by atoms with Gasteiger partial charge in [0.25, 0.3) is 0 Å². The highest BCUT2D eigenvalue weighted by atomic mass is 16.7. The van der Waals surface area contributed by atoms with E-state index >= 15 is 0 Å². The minimum Gasteiger partial charge on any atom is -0.463 e. The fraction of sp³-hybridized carbons (Fsp3) is 0.524. The second-order valence-electron chi connectivity index (χ2n) is 7.22. The molecule has 2 rings (SSSR count). The third-order valence-corrected chi connectivity index (χ3v) is 4.45. The monoisotopic (exact) mass is 469 g/mol. The Hall–Kier alpha value is -3.38. The lowest BCUT2D eigenvalue weighted by atomic mass is 9.98. The van der Waals surface area contributed by atoms with E-state index in [4.69, 9.17) is 34.2 Å².